The molecule has 0 unspecified atom stereocenters. The molecular formula is C16H19F3N4O4. The molecule has 27 heavy (non-hydrogen) atoms. The summed E-state index contributed by atoms with van der Waals surface area (Å²) in [7, 11) is 1.69. The van der Waals surface area contributed by atoms with E-state index in [-0.39, 0.29) is 17.6 Å². The summed E-state index contributed by atoms with van der Waals surface area (Å²) in [5.41, 5.74) is 7.81. The molecular weight excluding hydrogens is 369 g/mol. The number of hydrogen-bond donors (Lipinski definition) is 3. The van der Waals surface area contributed by atoms with E-state index in [2.05, 4.69) is 4.98 Å². The highest BCUT2D eigenvalue weighted by molar-refractivity contribution is 5.97. The predicted octanol–water partition coefficient (Wildman–Crippen LogP) is 1.06. The number of rotatable bonds is 1. The smallest absolute Gasteiger partial charge is 0.475 e. The minimum absolute atomic E-state index is 0.0179. The van der Waals surface area contributed by atoms with Gasteiger partial charge in [-0.05, 0) is 31.0 Å². The number of carboxylic acid groups (broad SMARTS) is 1. The molecule has 0 spiro atoms. The minimum atomic E-state index is -5.08. The van der Waals surface area contributed by atoms with Crippen molar-refractivity contribution in [3.63, 3.8) is 0 Å². The van der Waals surface area contributed by atoms with Crippen molar-refractivity contribution in [2.75, 3.05) is 13.1 Å². The zero-order valence-corrected chi connectivity index (χ0v) is 14.4. The van der Waals surface area contributed by atoms with E-state index in [1.165, 1.54) is 4.57 Å². The van der Waals surface area contributed by atoms with E-state index in [4.69, 9.17) is 15.6 Å². The normalized spacial score (nSPS) is 17.4. The molecule has 1 aromatic carbocycles. The van der Waals surface area contributed by atoms with Crippen LogP contribution in [0.2, 0.25) is 0 Å². The van der Waals surface area contributed by atoms with Crippen LogP contribution in [0.5, 0.6) is 0 Å². The number of amides is 1. The molecule has 1 saturated heterocycles. The van der Waals surface area contributed by atoms with Crippen molar-refractivity contribution in [2.24, 2.45) is 12.8 Å². The summed E-state index contributed by atoms with van der Waals surface area (Å²) in [5, 5.41) is 7.12. The maximum absolute atomic E-state index is 12.5. The molecule has 4 N–H and O–H groups in total. The molecule has 1 aromatic heterocycles. The Morgan fingerprint density at radius 1 is 1.33 bits per heavy atom. The number of benzene rings is 1. The van der Waals surface area contributed by atoms with Gasteiger partial charge in [-0.1, -0.05) is 0 Å². The van der Waals surface area contributed by atoms with Crippen LogP contribution in [0.15, 0.2) is 23.0 Å². The Bertz CT molecular complexity index is 903. The molecule has 3 rings (SSSR count). The number of piperidine rings is 1. The molecule has 0 bridgehead atoms. The molecule has 11 heteroatoms. The topological polar surface area (TPSA) is 121 Å². The monoisotopic (exact) mass is 388 g/mol. The first-order valence-corrected chi connectivity index (χ1v) is 8.04. The molecule has 0 radical (unpaired) electrons. The molecule has 148 valence electrons. The van der Waals surface area contributed by atoms with Crippen molar-refractivity contribution in [1.29, 1.82) is 0 Å². The van der Waals surface area contributed by atoms with Crippen LogP contribution in [0, 0.1) is 0 Å². The zero-order chi connectivity index (χ0) is 20.4. The maximum atomic E-state index is 12.5. The largest absolute Gasteiger partial charge is 0.490 e. The number of nitrogens with one attached hydrogen (secondary N) is 1. The molecule has 1 atom stereocenters. The first-order valence-electron chi connectivity index (χ1n) is 8.04. The van der Waals surface area contributed by atoms with Gasteiger partial charge in [0.25, 0.3) is 5.91 Å². The summed E-state index contributed by atoms with van der Waals surface area (Å²) in [6, 6.07) is 5.35. The second kappa shape index (κ2) is 7.82. The standard InChI is InChI=1S/C14H18N4O2.C2HF3O2/c1-17-12-7-9(4-5-11(12)16-14(17)20)13(19)18-6-2-3-10(15)8-18;3-2(4,5)1(6)7/h4-5,7,10H,2-3,6,8,15H2,1H3,(H,16,20);(H,6,7)/t10-;/m0./s1. The van der Waals surface area contributed by atoms with Gasteiger partial charge in [0.1, 0.15) is 0 Å². The van der Waals surface area contributed by atoms with Gasteiger partial charge in [-0.2, -0.15) is 13.2 Å². The van der Waals surface area contributed by atoms with E-state index in [9.17, 15) is 22.8 Å². The molecule has 1 aliphatic rings. The Kier molecular flexibility index (Phi) is 5.94. The summed E-state index contributed by atoms with van der Waals surface area (Å²) >= 11 is 0. The summed E-state index contributed by atoms with van der Waals surface area (Å²) in [4.78, 5) is 37.5. The first kappa shape index (κ1) is 20.5. The highest BCUT2D eigenvalue weighted by Gasteiger charge is 2.38. The summed E-state index contributed by atoms with van der Waals surface area (Å²) in [6.45, 7) is 1.35. The van der Waals surface area contributed by atoms with E-state index in [1.807, 2.05) is 0 Å². The third-order valence-corrected chi connectivity index (χ3v) is 4.14. The van der Waals surface area contributed by atoms with E-state index in [0.717, 1.165) is 30.4 Å². The van der Waals surface area contributed by atoms with Crippen LogP contribution in [0.4, 0.5) is 13.2 Å². The molecule has 0 saturated carbocycles. The maximum Gasteiger partial charge on any atom is 0.490 e. The van der Waals surface area contributed by atoms with Gasteiger partial charge in [-0.15, -0.1) is 0 Å². The van der Waals surface area contributed by atoms with Crippen LogP contribution in [0.25, 0.3) is 11.0 Å². The lowest BCUT2D eigenvalue weighted by atomic mass is 10.1. The van der Waals surface area contributed by atoms with Gasteiger partial charge in [-0.3, -0.25) is 9.36 Å². The number of aryl methyl sites for hydroxylation is 1. The number of aromatic nitrogens is 2. The number of carboxylic acids is 1. The third kappa shape index (κ3) is 4.88. The van der Waals surface area contributed by atoms with E-state index >= 15 is 0 Å². The lowest BCUT2D eigenvalue weighted by Gasteiger charge is -2.30. The van der Waals surface area contributed by atoms with Gasteiger partial charge in [0.15, 0.2) is 0 Å². The Morgan fingerprint density at radius 2 is 1.96 bits per heavy atom. The van der Waals surface area contributed by atoms with Crippen LogP contribution in [0.1, 0.15) is 23.2 Å². The van der Waals surface area contributed by atoms with Crippen molar-refractivity contribution in [3.8, 4) is 0 Å². The number of nitrogens with zero attached hydrogens (tertiary/aromatic N) is 2. The van der Waals surface area contributed by atoms with Crippen LogP contribution < -0.4 is 11.4 Å². The second-order valence-electron chi connectivity index (χ2n) is 6.18. The van der Waals surface area contributed by atoms with Crippen molar-refractivity contribution in [1.82, 2.24) is 14.5 Å². The lowest BCUT2D eigenvalue weighted by molar-refractivity contribution is -0.192. The first-order chi connectivity index (χ1) is 12.5. The number of hydrogen-bond acceptors (Lipinski definition) is 4. The van der Waals surface area contributed by atoms with Crippen molar-refractivity contribution in [2.45, 2.75) is 25.1 Å². The van der Waals surface area contributed by atoms with Gasteiger partial charge < -0.3 is 20.7 Å². The molecule has 1 aliphatic heterocycles. The Morgan fingerprint density at radius 3 is 2.52 bits per heavy atom. The number of carbonyl (C=O) groups is 2. The molecule has 0 aliphatic carbocycles. The average Bonchev–Trinajstić information content (AvgIpc) is 2.88. The highest BCUT2D eigenvalue weighted by Crippen LogP contribution is 2.17. The number of aliphatic carboxylic acids is 1. The van der Waals surface area contributed by atoms with Gasteiger partial charge >= 0.3 is 17.8 Å². The van der Waals surface area contributed by atoms with Crippen molar-refractivity contribution >= 4 is 22.9 Å². The number of aromatic amines is 1. The van der Waals surface area contributed by atoms with Crippen LogP contribution >= 0.6 is 0 Å². The van der Waals surface area contributed by atoms with Crippen LogP contribution in [-0.4, -0.2) is 56.7 Å². The van der Waals surface area contributed by atoms with Gasteiger partial charge in [0.2, 0.25) is 0 Å². The van der Waals surface area contributed by atoms with Crippen LogP contribution in [0.3, 0.4) is 0 Å². The number of fused-ring (bicyclic) bond motifs is 1. The number of halogens is 3. The summed E-state index contributed by atoms with van der Waals surface area (Å²) in [5.74, 6) is -2.77. The number of carbonyl (C=O) groups excluding carboxylic acids is 1. The third-order valence-electron chi connectivity index (χ3n) is 4.14. The van der Waals surface area contributed by atoms with E-state index < -0.39 is 12.1 Å². The fraction of sp³-hybridized carbons (Fsp3) is 0.438. The SMILES string of the molecule is Cn1c(=O)[nH]c2ccc(C(=O)N3CCC[C@H](N)C3)cc21.O=C(O)C(F)(F)F. The quantitative estimate of drug-likeness (QED) is 0.675. The second-order valence-corrected chi connectivity index (χ2v) is 6.18. The Balaban J connectivity index is 0.000000321. The predicted molar refractivity (Wildman–Crippen MR) is 90.3 cm³/mol. The van der Waals surface area contributed by atoms with Gasteiger partial charge in [-0.25, -0.2) is 9.59 Å². The van der Waals surface area contributed by atoms with E-state index in [0.29, 0.717) is 12.1 Å². The fourth-order valence-electron chi connectivity index (χ4n) is 2.73. The zero-order valence-electron chi connectivity index (χ0n) is 14.4. The minimum Gasteiger partial charge on any atom is -0.475 e. The summed E-state index contributed by atoms with van der Waals surface area (Å²) < 4.78 is 33.2. The molecule has 1 fully saturated rings. The van der Waals surface area contributed by atoms with Gasteiger partial charge in [0.05, 0.1) is 11.0 Å². The fourth-order valence-corrected chi connectivity index (χ4v) is 2.73. The van der Waals surface area contributed by atoms with Crippen LogP contribution in [-0.2, 0) is 11.8 Å². The lowest BCUT2D eigenvalue weighted by Crippen LogP contribution is -2.45. The molecule has 8 nitrogen and oxygen atoms in total. The Hall–Kier alpha value is -2.82. The van der Waals surface area contributed by atoms with Gasteiger partial charge in [0, 0.05) is 31.7 Å². The van der Waals surface area contributed by atoms with Crippen molar-refractivity contribution < 1.29 is 27.9 Å². The number of alkyl halides is 3. The number of H-pyrrole nitrogens is 1. The van der Waals surface area contributed by atoms with Crippen molar-refractivity contribution in [3.05, 3.63) is 34.2 Å². The summed E-state index contributed by atoms with van der Waals surface area (Å²) in [6.07, 6.45) is -3.17. The number of imidazole rings is 1. The van der Waals surface area contributed by atoms with E-state index in [1.54, 1.807) is 30.1 Å². The average molecular weight is 388 g/mol. The number of nitrogens with two attached hydrogens (primary N) is 1. The number of likely N-dealkylation sites (tertiary alicyclic amines) is 1. The Labute approximate surface area is 151 Å². The molecule has 1 amide bonds. The molecule has 2 aromatic rings. The highest BCUT2D eigenvalue weighted by atomic mass is 19.4. The molecule has 2 heterocycles.